The molecule has 1 aromatic rings. The van der Waals surface area contributed by atoms with E-state index < -0.39 is 4.92 Å². The zero-order chi connectivity index (χ0) is 8.27. The van der Waals surface area contributed by atoms with Crippen molar-refractivity contribution in [3.63, 3.8) is 0 Å². The summed E-state index contributed by atoms with van der Waals surface area (Å²) in [5.74, 6) is 2.17. The van der Waals surface area contributed by atoms with Gasteiger partial charge in [0, 0.05) is 18.5 Å². The van der Waals surface area contributed by atoms with Crippen LogP contribution in [0.15, 0.2) is 18.5 Å². The number of rotatable bonds is 1. The van der Waals surface area contributed by atoms with Crippen LogP contribution in [-0.2, 0) is 0 Å². The fraction of sp³-hybridized carbons (Fsp3) is 0. The van der Waals surface area contributed by atoms with Crippen LogP contribution in [-0.4, -0.2) is 9.91 Å². The monoisotopic (exact) mass is 148 g/mol. The van der Waals surface area contributed by atoms with Crippen molar-refractivity contribution in [3.05, 3.63) is 34.1 Å². The second-order valence-electron chi connectivity index (χ2n) is 1.79. The quantitative estimate of drug-likeness (QED) is 0.338. The largest absolute Gasteiger partial charge is 0.288 e. The van der Waals surface area contributed by atoms with Crippen molar-refractivity contribution in [1.29, 1.82) is 0 Å². The van der Waals surface area contributed by atoms with Crippen LogP contribution < -0.4 is 0 Å². The number of hydrogen-bond donors (Lipinski definition) is 0. The molecule has 0 spiro atoms. The van der Waals surface area contributed by atoms with Gasteiger partial charge in [-0.2, -0.15) is 0 Å². The molecule has 11 heavy (non-hydrogen) atoms. The maximum atomic E-state index is 10.3. The van der Waals surface area contributed by atoms with Gasteiger partial charge in [0.25, 0.3) is 5.69 Å². The van der Waals surface area contributed by atoms with Crippen molar-refractivity contribution in [2.45, 2.75) is 0 Å². The molecule has 0 fully saturated rings. The first kappa shape index (κ1) is 7.22. The number of pyridine rings is 1. The Morgan fingerprint density at radius 2 is 2.45 bits per heavy atom. The van der Waals surface area contributed by atoms with E-state index in [0.29, 0.717) is 0 Å². The lowest BCUT2D eigenvalue weighted by Crippen LogP contribution is -1.91. The van der Waals surface area contributed by atoms with E-state index in [4.69, 9.17) is 6.42 Å². The maximum absolute atomic E-state index is 10.3. The number of aromatic nitrogens is 1. The van der Waals surface area contributed by atoms with E-state index in [9.17, 15) is 10.1 Å². The van der Waals surface area contributed by atoms with Crippen molar-refractivity contribution >= 4 is 5.69 Å². The van der Waals surface area contributed by atoms with Crippen molar-refractivity contribution in [3.8, 4) is 12.3 Å². The molecule has 4 nitrogen and oxygen atoms in total. The normalized spacial score (nSPS) is 8.64. The van der Waals surface area contributed by atoms with Crippen molar-refractivity contribution in [2.24, 2.45) is 0 Å². The van der Waals surface area contributed by atoms with Gasteiger partial charge in [-0.05, 0) is 0 Å². The van der Waals surface area contributed by atoms with E-state index in [1.54, 1.807) is 0 Å². The molecule has 0 aromatic carbocycles. The molecule has 4 heteroatoms. The minimum absolute atomic E-state index is 0.0810. The van der Waals surface area contributed by atoms with Gasteiger partial charge in [0.05, 0.1) is 4.92 Å². The van der Waals surface area contributed by atoms with Crippen molar-refractivity contribution < 1.29 is 4.92 Å². The summed E-state index contributed by atoms with van der Waals surface area (Å²) in [4.78, 5) is 13.4. The van der Waals surface area contributed by atoms with Gasteiger partial charge >= 0.3 is 0 Å². The van der Waals surface area contributed by atoms with Crippen LogP contribution in [0.5, 0.6) is 0 Å². The average Bonchev–Trinajstić information content (AvgIpc) is 2.04. The summed E-state index contributed by atoms with van der Waals surface area (Å²) >= 11 is 0. The molecule has 0 atom stereocenters. The lowest BCUT2D eigenvalue weighted by atomic mass is 10.2. The van der Waals surface area contributed by atoms with Gasteiger partial charge < -0.3 is 0 Å². The Morgan fingerprint density at radius 3 is 2.91 bits per heavy atom. The third-order valence-electron chi connectivity index (χ3n) is 1.15. The molecule has 0 saturated carbocycles. The highest BCUT2D eigenvalue weighted by Crippen LogP contribution is 2.13. The standard InChI is InChI=1S/C7H4N2O2/c1-2-6-5-8-4-3-7(6)9(10)11/h1,3-5H. The summed E-state index contributed by atoms with van der Waals surface area (Å²) in [6.45, 7) is 0. The van der Waals surface area contributed by atoms with Gasteiger partial charge in [0.1, 0.15) is 5.56 Å². The molecule has 54 valence electrons. The van der Waals surface area contributed by atoms with Gasteiger partial charge in [0.15, 0.2) is 0 Å². The summed E-state index contributed by atoms with van der Waals surface area (Å²) in [5.41, 5.74) is 0.125. The Kier molecular flexibility index (Phi) is 1.83. The second-order valence-corrected chi connectivity index (χ2v) is 1.79. The lowest BCUT2D eigenvalue weighted by molar-refractivity contribution is -0.385. The maximum Gasteiger partial charge on any atom is 0.288 e. The Balaban J connectivity index is 3.26. The van der Waals surface area contributed by atoms with Crippen LogP contribution in [0, 0.1) is 22.5 Å². The molecule has 1 aromatic heterocycles. The van der Waals surface area contributed by atoms with Crippen LogP contribution in [0.2, 0.25) is 0 Å². The molecule has 0 aliphatic heterocycles. The zero-order valence-electron chi connectivity index (χ0n) is 5.52. The zero-order valence-corrected chi connectivity index (χ0v) is 5.52. The molecule has 0 aliphatic rings. The number of terminal acetylenes is 1. The fourth-order valence-corrected chi connectivity index (χ4v) is 0.658. The minimum atomic E-state index is -0.531. The molecule has 1 heterocycles. The van der Waals surface area contributed by atoms with E-state index >= 15 is 0 Å². The average molecular weight is 148 g/mol. The van der Waals surface area contributed by atoms with Crippen LogP contribution in [0.1, 0.15) is 5.56 Å². The van der Waals surface area contributed by atoms with Crippen molar-refractivity contribution in [1.82, 2.24) is 4.98 Å². The van der Waals surface area contributed by atoms with Gasteiger partial charge in [-0.25, -0.2) is 0 Å². The molecule has 1 rings (SSSR count). The molecular weight excluding hydrogens is 144 g/mol. The van der Waals surface area contributed by atoms with E-state index in [1.165, 1.54) is 18.5 Å². The SMILES string of the molecule is C#Cc1cnccc1[N+](=O)[O-]. The van der Waals surface area contributed by atoms with E-state index in [1.807, 2.05) is 0 Å². The van der Waals surface area contributed by atoms with Crippen LogP contribution in [0.3, 0.4) is 0 Å². The fourth-order valence-electron chi connectivity index (χ4n) is 0.658. The summed E-state index contributed by atoms with van der Waals surface area (Å²) < 4.78 is 0. The van der Waals surface area contributed by atoms with Crippen molar-refractivity contribution in [2.75, 3.05) is 0 Å². The molecule has 0 N–H and O–H groups in total. The highest BCUT2D eigenvalue weighted by molar-refractivity contribution is 5.47. The van der Waals surface area contributed by atoms with E-state index in [0.717, 1.165) is 0 Å². The van der Waals surface area contributed by atoms with Gasteiger partial charge in [-0.15, -0.1) is 6.42 Å². The predicted octanol–water partition coefficient (Wildman–Crippen LogP) is 0.971. The summed E-state index contributed by atoms with van der Waals surface area (Å²) in [6.07, 6.45) is 7.62. The summed E-state index contributed by atoms with van der Waals surface area (Å²) in [5, 5.41) is 10.3. The topological polar surface area (TPSA) is 56.0 Å². The highest BCUT2D eigenvalue weighted by atomic mass is 16.6. The molecule has 0 unspecified atom stereocenters. The Labute approximate surface area is 63.0 Å². The Hall–Kier alpha value is -1.89. The molecule has 0 bridgehead atoms. The van der Waals surface area contributed by atoms with Gasteiger partial charge in [0.2, 0.25) is 0 Å². The Morgan fingerprint density at radius 1 is 1.73 bits per heavy atom. The number of nitrogens with zero attached hydrogens (tertiary/aromatic N) is 2. The van der Waals surface area contributed by atoms with Gasteiger partial charge in [-0.1, -0.05) is 5.92 Å². The molecular formula is C7H4N2O2. The van der Waals surface area contributed by atoms with E-state index in [-0.39, 0.29) is 11.3 Å². The first-order chi connectivity index (χ1) is 5.25. The Bertz CT molecular complexity index is 327. The third-order valence-corrected chi connectivity index (χ3v) is 1.15. The minimum Gasteiger partial charge on any atom is -0.263 e. The third kappa shape index (κ3) is 1.33. The summed E-state index contributed by atoms with van der Waals surface area (Å²) in [7, 11) is 0. The molecule has 0 saturated heterocycles. The smallest absolute Gasteiger partial charge is 0.263 e. The first-order valence-electron chi connectivity index (χ1n) is 2.80. The van der Waals surface area contributed by atoms with Gasteiger partial charge in [-0.3, -0.25) is 15.1 Å². The number of nitro groups is 1. The predicted molar refractivity (Wildman–Crippen MR) is 38.8 cm³/mol. The molecule has 0 radical (unpaired) electrons. The molecule has 0 amide bonds. The molecule has 0 aliphatic carbocycles. The number of hydrogen-bond acceptors (Lipinski definition) is 3. The van der Waals surface area contributed by atoms with Crippen LogP contribution >= 0.6 is 0 Å². The highest BCUT2D eigenvalue weighted by Gasteiger charge is 2.09. The van der Waals surface area contributed by atoms with Crippen LogP contribution in [0.4, 0.5) is 5.69 Å². The second kappa shape index (κ2) is 2.80. The van der Waals surface area contributed by atoms with Crippen LogP contribution in [0.25, 0.3) is 0 Å². The van der Waals surface area contributed by atoms with E-state index in [2.05, 4.69) is 10.9 Å². The summed E-state index contributed by atoms with van der Waals surface area (Å²) in [6, 6.07) is 1.27. The lowest BCUT2D eigenvalue weighted by Gasteiger charge is -1.91. The first-order valence-corrected chi connectivity index (χ1v) is 2.80.